The van der Waals surface area contributed by atoms with Crippen molar-refractivity contribution in [3.8, 4) is 5.75 Å². The van der Waals surface area contributed by atoms with E-state index < -0.39 is 4.92 Å². The van der Waals surface area contributed by atoms with E-state index in [1.165, 1.54) is 19.2 Å². The van der Waals surface area contributed by atoms with Crippen LogP contribution in [-0.2, 0) is 0 Å². The third-order valence-electron chi connectivity index (χ3n) is 1.26. The molecule has 0 aromatic heterocycles. The average molecular weight is 198 g/mol. The van der Waals surface area contributed by atoms with E-state index in [-0.39, 0.29) is 13.4 Å². The molecule has 0 aliphatic carbocycles. The summed E-state index contributed by atoms with van der Waals surface area (Å²) in [5.41, 5.74) is 0.0457. The van der Waals surface area contributed by atoms with Crippen LogP contribution in [0.1, 0.15) is 0 Å². The van der Waals surface area contributed by atoms with Crippen LogP contribution in [0.2, 0.25) is 0 Å². The third kappa shape index (κ3) is 4.44. The van der Waals surface area contributed by atoms with E-state index >= 15 is 0 Å². The Labute approximate surface area is 81.2 Å². The zero-order valence-corrected chi connectivity index (χ0v) is 7.45. The summed E-state index contributed by atoms with van der Waals surface area (Å²) in [7, 11) is 1.47. The molecule has 7 heteroatoms. The number of ether oxygens (including phenoxy) is 1. The van der Waals surface area contributed by atoms with Gasteiger partial charge in [0, 0.05) is 6.07 Å². The molecule has 1 aromatic rings. The highest BCUT2D eigenvalue weighted by Gasteiger charge is 2.04. The largest absolute Gasteiger partial charge is 0.497 e. The molecular weight excluding hydrogens is 189 g/mol. The van der Waals surface area contributed by atoms with Gasteiger partial charge in [-0.2, -0.15) is 0 Å². The monoisotopic (exact) mass is 198 g/mol. The first-order chi connectivity index (χ1) is 6.65. The fraction of sp³-hybridized carbons (Fsp3) is 0.143. The van der Waals surface area contributed by atoms with Crippen molar-refractivity contribution in [2.24, 2.45) is 0 Å². The van der Waals surface area contributed by atoms with Gasteiger partial charge in [0.05, 0.1) is 18.1 Å². The molecule has 0 amide bonds. The van der Waals surface area contributed by atoms with Crippen molar-refractivity contribution in [2.75, 3.05) is 7.11 Å². The summed E-state index contributed by atoms with van der Waals surface area (Å²) in [5, 5.41) is 24.2. The van der Waals surface area contributed by atoms with Gasteiger partial charge in [-0.3, -0.25) is 10.1 Å². The smallest absolute Gasteiger partial charge is 0.482 e. The van der Waals surface area contributed by atoms with Gasteiger partial charge in [0.2, 0.25) is 0 Å². The lowest BCUT2D eigenvalue weighted by Gasteiger charge is -1.96. The Balaban J connectivity index is 0.000000500. The van der Waals surface area contributed by atoms with Crippen LogP contribution >= 0.6 is 0 Å². The molecule has 2 N–H and O–H groups in total. The molecule has 1 rings (SSSR count). The molecule has 75 valence electrons. The Kier molecular flexibility index (Phi) is 6.09. The SMILES string of the molecule is COc1cccc([N+](=O)[O-])c1.O[B]O. The number of rotatable bonds is 2. The molecule has 6 nitrogen and oxygen atoms in total. The van der Waals surface area contributed by atoms with E-state index in [0.717, 1.165) is 0 Å². The Bertz CT molecular complexity index is 293. The summed E-state index contributed by atoms with van der Waals surface area (Å²) >= 11 is 0. The molecule has 0 bridgehead atoms. The minimum absolute atomic E-state index is 0. The fourth-order valence-electron chi connectivity index (χ4n) is 0.724. The van der Waals surface area contributed by atoms with E-state index in [1.807, 2.05) is 0 Å². The molecule has 1 aromatic carbocycles. The van der Waals surface area contributed by atoms with E-state index in [4.69, 9.17) is 14.8 Å². The summed E-state index contributed by atoms with van der Waals surface area (Å²) in [6, 6.07) is 6.03. The van der Waals surface area contributed by atoms with Crippen molar-refractivity contribution >= 4 is 13.4 Å². The molecule has 0 aliphatic rings. The first-order valence-electron chi connectivity index (χ1n) is 3.54. The zero-order valence-electron chi connectivity index (χ0n) is 7.45. The lowest BCUT2D eigenvalue weighted by Crippen LogP contribution is -1.88. The number of nitrogens with zero attached hydrogens (tertiary/aromatic N) is 1. The molecule has 0 heterocycles. The highest BCUT2D eigenvalue weighted by molar-refractivity contribution is 6.13. The van der Waals surface area contributed by atoms with Crippen molar-refractivity contribution in [3.05, 3.63) is 34.4 Å². The Morgan fingerprint density at radius 1 is 1.50 bits per heavy atom. The topological polar surface area (TPSA) is 92.8 Å². The molecule has 0 unspecified atom stereocenters. The molecule has 0 saturated carbocycles. The van der Waals surface area contributed by atoms with Crippen LogP contribution in [0.15, 0.2) is 24.3 Å². The molecule has 0 aliphatic heterocycles. The number of benzene rings is 1. The van der Waals surface area contributed by atoms with Crippen molar-refractivity contribution < 1.29 is 19.7 Å². The molecule has 0 spiro atoms. The third-order valence-corrected chi connectivity index (χ3v) is 1.26. The highest BCUT2D eigenvalue weighted by Crippen LogP contribution is 2.17. The summed E-state index contributed by atoms with van der Waals surface area (Å²) in [4.78, 5) is 9.76. The van der Waals surface area contributed by atoms with Gasteiger partial charge >= 0.3 is 7.69 Å². The predicted molar refractivity (Wildman–Crippen MR) is 49.8 cm³/mol. The van der Waals surface area contributed by atoms with Gasteiger partial charge in [-0.25, -0.2) is 0 Å². The van der Waals surface area contributed by atoms with Gasteiger partial charge in [0.25, 0.3) is 5.69 Å². The van der Waals surface area contributed by atoms with E-state index in [0.29, 0.717) is 5.75 Å². The van der Waals surface area contributed by atoms with Crippen molar-refractivity contribution in [1.82, 2.24) is 0 Å². The second kappa shape index (κ2) is 6.87. The standard InChI is InChI=1S/C7H7NO3.BH2O2/c1-11-7-4-2-3-6(5-7)8(9)10;2-1-3/h2-5H,1H3;2-3H. The Hall–Kier alpha value is -1.60. The van der Waals surface area contributed by atoms with E-state index in [9.17, 15) is 10.1 Å². The van der Waals surface area contributed by atoms with Crippen LogP contribution in [0.5, 0.6) is 5.75 Å². The Morgan fingerprint density at radius 3 is 2.50 bits per heavy atom. The molecular formula is C7H9BNO5. The van der Waals surface area contributed by atoms with Gasteiger partial charge in [-0.15, -0.1) is 0 Å². The van der Waals surface area contributed by atoms with Gasteiger partial charge < -0.3 is 14.8 Å². The van der Waals surface area contributed by atoms with Crippen LogP contribution in [0.3, 0.4) is 0 Å². The van der Waals surface area contributed by atoms with Gasteiger partial charge in [-0.05, 0) is 6.07 Å². The predicted octanol–water partition coefficient (Wildman–Crippen LogP) is 0.109. The molecule has 14 heavy (non-hydrogen) atoms. The summed E-state index contributed by atoms with van der Waals surface area (Å²) in [6.45, 7) is 0. The van der Waals surface area contributed by atoms with E-state index in [1.54, 1.807) is 12.1 Å². The van der Waals surface area contributed by atoms with E-state index in [2.05, 4.69) is 0 Å². The number of methoxy groups -OCH3 is 1. The number of nitro groups is 1. The number of non-ortho nitro benzene ring substituents is 1. The molecule has 0 saturated heterocycles. The number of hydrogen-bond acceptors (Lipinski definition) is 5. The quantitative estimate of drug-likeness (QED) is 0.399. The van der Waals surface area contributed by atoms with Crippen LogP contribution in [0.25, 0.3) is 0 Å². The second-order valence-electron chi connectivity index (χ2n) is 2.07. The first-order valence-corrected chi connectivity index (χ1v) is 3.54. The number of nitro benzene ring substituents is 1. The molecule has 1 radical (unpaired) electrons. The molecule has 0 atom stereocenters. The maximum absolute atomic E-state index is 10.2. The first kappa shape index (κ1) is 12.4. The number of hydrogen-bond donors (Lipinski definition) is 2. The summed E-state index contributed by atoms with van der Waals surface area (Å²) in [5.74, 6) is 0.499. The van der Waals surface area contributed by atoms with Gasteiger partial charge in [0.15, 0.2) is 0 Å². The van der Waals surface area contributed by atoms with Crippen molar-refractivity contribution in [2.45, 2.75) is 0 Å². The maximum atomic E-state index is 10.2. The summed E-state index contributed by atoms with van der Waals surface area (Å²) in [6.07, 6.45) is 0. The minimum Gasteiger partial charge on any atom is -0.497 e. The van der Waals surface area contributed by atoms with Gasteiger partial charge in [-0.1, -0.05) is 6.07 Å². The summed E-state index contributed by atoms with van der Waals surface area (Å²) < 4.78 is 4.80. The van der Waals surface area contributed by atoms with Crippen LogP contribution in [-0.4, -0.2) is 29.8 Å². The molecule has 0 fully saturated rings. The Morgan fingerprint density at radius 2 is 2.07 bits per heavy atom. The average Bonchev–Trinajstić information content (AvgIpc) is 2.19. The lowest BCUT2D eigenvalue weighted by atomic mass is 10.3. The van der Waals surface area contributed by atoms with Gasteiger partial charge in [0.1, 0.15) is 5.75 Å². The maximum Gasteiger partial charge on any atom is 0.482 e. The van der Waals surface area contributed by atoms with Crippen molar-refractivity contribution in [1.29, 1.82) is 0 Å². The minimum atomic E-state index is -0.456. The second-order valence-corrected chi connectivity index (χ2v) is 2.07. The van der Waals surface area contributed by atoms with Crippen LogP contribution in [0.4, 0.5) is 5.69 Å². The van der Waals surface area contributed by atoms with Crippen LogP contribution < -0.4 is 4.74 Å². The highest BCUT2D eigenvalue weighted by atomic mass is 16.6. The van der Waals surface area contributed by atoms with Crippen molar-refractivity contribution in [3.63, 3.8) is 0 Å². The zero-order chi connectivity index (χ0) is 11.0. The fourth-order valence-corrected chi connectivity index (χ4v) is 0.724. The lowest BCUT2D eigenvalue weighted by molar-refractivity contribution is -0.384. The van der Waals surface area contributed by atoms with Crippen LogP contribution in [0, 0.1) is 10.1 Å². The normalized spacial score (nSPS) is 8.21.